The lowest BCUT2D eigenvalue weighted by atomic mass is 10.2. The first-order valence-corrected chi connectivity index (χ1v) is 6.47. The highest BCUT2D eigenvalue weighted by atomic mass is 19.1. The standard InChI is InChI=1S/C14H21FN2/c1-2-7-16-8-10-17(11-9-16)12-13-3-5-14(15)6-4-13/h3-6H,2,7-12H2,1H3. The molecule has 1 aliphatic rings. The van der Waals surface area contributed by atoms with Crippen LogP contribution in [0.4, 0.5) is 4.39 Å². The summed E-state index contributed by atoms with van der Waals surface area (Å²) in [5.74, 6) is -0.151. The van der Waals surface area contributed by atoms with Crippen LogP contribution in [0.2, 0.25) is 0 Å². The Hall–Kier alpha value is -0.930. The van der Waals surface area contributed by atoms with Crippen LogP contribution in [0.15, 0.2) is 24.3 Å². The van der Waals surface area contributed by atoms with Gasteiger partial charge < -0.3 is 4.90 Å². The van der Waals surface area contributed by atoms with E-state index >= 15 is 0 Å². The number of benzene rings is 1. The van der Waals surface area contributed by atoms with Gasteiger partial charge >= 0.3 is 0 Å². The summed E-state index contributed by atoms with van der Waals surface area (Å²) in [6.45, 7) is 8.95. The van der Waals surface area contributed by atoms with Crippen molar-refractivity contribution in [3.8, 4) is 0 Å². The lowest BCUT2D eigenvalue weighted by Crippen LogP contribution is -2.45. The van der Waals surface area contributed by atoms with Crippen molar-refractivity contribution in [1.82, 2.24) is 9.80 Å². The van der Waals surface area contributed by atoms with Crippen LogP contribution in [0, 0.1) is 5.82 Å². The van der Waals surface area contributed by atoms with E-state index in [-0.39, 0.29) is 5.82 Å². The maximum Gasteiger partial charge on any atom is 0.123 e. The quantitative estimate of drug-likeness (QED) is 0.792. The van der Waals surface area contributed by atoms with Gasteiger partial charge in [-0.25, -0.2) is 4.39 Å². The van der Waals surface area contributed by atoms with Crippen molar-refractivity contribution in [2.45, 2.75) is 19.9 Å². The maximum absolute atomic E-state index is 12.8. The van der Waals surface area contributed by atoms with E-state index in [1.165, 1.54) is 18.5 Å². The summed E-state index contributed by atoms with van der Waals surface area (Å²) in [7, 11) is 0. The van der Waals surface area contributed by atoms with E-state index < -0.39 is 0 Å². The van der Waals surface area contributed by atoms with Gasteiger partial charge in [0.25, 0.3) is 0 Å². The minimum absolute atomic E-state index is 0.151. The molecule has 1 fully saturated rings. The first-order valence-electron chi connectivity index (χ1n) is 6.47. The molecule has 0 aliphatic carbocycles. The second-order valence-electron chi connectivity index (χ2n) is 4.74. The van der Waals surface area contributed by atoms with Gasteiger partial charge in [-0.05, 0) is 30.7 Å². The molecule has 0 saturated carbocycles. The van der Waals surface area contributed by atoms with E-state index in [9.17, 15) is 4.39 Å². The Balaban J connectivity index is 1.79. The molecule has 94 valence electrons. The Morgan fingerprint density at radius 3 is 2.18 bits per heavy atom. The summed E-state index contributed by atoms with van der Waals surface area (Å²) in [5.41, 5.74) is 1.20. The Morgan fingerprint density at radius 2 is 1.59 bits per heavy atom. The average molecular weight is 236 g/mol. The molecule has 1 saturated heterocycles. The van der Waals surface area contributed by atoms with E-state index in [4.69, 9.17) is 0 Å². The van der Waals surface area contributed by atoms with Crippen molar-refractivity contribution >= 4 is 0 Å². The average Bonchev–Trinajstić information content (AvgIpc) is 2.35. The number of hydrogen-bond donors (Lipinski definition) is 0. The predicted octanol–water partition coefficient (Wildman–Crippen LogP) is 2.35. The van der Waals surface area contributed by atoms with Gasteiger partial charge in [0.2, 0.25) is 0 Å². The van der Waals surface area contributed by atoms with E-state index in [1.54, 1.807) is 12.1 Å². The third-order valence-corrected chi connectivity index (χ3v) is 3.32. The Kier molecular flexibility index (Phi) is 4.51. The van der Waals surface area contributed by atoms with Gasteiger partial charge in [-0.2, -0.15) is 0 Å². The molecular formula is C14H21FN2. The van der Waals surface area contributed by atoms with E-state index in [2.05, 4.69) is 16.7 Å². The van der Waals surface area contributed by atoms with Crippen LogP contribution in [-0.2, 0) is 6.54 Å². The van der Waals surface area contributed by atoms with Crippen LogP contribution >= 0.6 is 0 Å². The Morgan fingerprint density at radius 1 is 1.00 bits per heavy atom. The summed E-state index contributed by atoms with van der Waals surface area (Å²) < 4.78 is 12.8. The molecule has 1 aromatic rings. The van der Waals surface area contributed by atoms with Crippen LogP contribution < -0.4 is 0 Å². The number of hydrogen-bond acceptors (Lipinski definition) is 2. The van der Waals surface area contributed by atoms with Gasteiger partial charge in [-0.1, -0.05) is 19.1 Å². The van der Waals surface area contributed by atoms with Crippen molar-refractivity contribution in [2.24, 2.45) is 0 Å². The SMILES string of the molecule is CCCN1CCN(Cc2ccc(F)cc2)CC1. The Bertz CT molecular complexity index is 329. The molecule has 3 heteroatoms. The molecule has 17 heavy (non-hydrogen) atoms. The summed E-state index contributed by atoms with van der Waals surface area (Å²) in [6, 6.07) is 6.85. The fourth-order valence-electron chi connectivity index (χ4n) is 2.34. The molecule has 1 heterocycles. The van der Waals surface area contributed by atoms with Crippen molar-refractivity contribution in [3.63, 3.8) is 0 Å². The highest BCUT2D eigenvalue weighted by Gasteiger charge is 2.15. The number of nitrogens with zero attached hydrogens (tertiary/aromatic N) is 2. The molecule has 1 aromatic carbocycles. The van der Waals surface area contributed by atoms with Crippen molar-refractivity contribution < 1.29 is 4.39 Å². The molecular weight excluding hydrogens is 215 g/mol. The molecule has 0 unspecified atom stereocenters. The zero-order valence-corrected chi connectivity index (χ0v) is 10.5. The molecule has 0 spiro atoms. The molecule has 2 nitrogen and oxygen atoms in total. The Labute approximate surface area is 103 Å². The van der Waals surface area contributed by atoms with Crippen molar-refractivity contribution in [2.75, 3.05) is 32.7 Å². The van der Waals surface area contributed by atoms with Gasteiger partial charge in [-0.15, -0.1) is 0 Å². The number of piperazine rings is 1. The second-order valence-corrected chi connectivity index (χ2v) is 4.74. The molecule has 0 atom stereocenters. The predicted molar refractivity (Wildman–Crippen MR) is 68.4 cm³/mol. The minimum atomic E-state index is -0.151. The van der Waals surface area contributed by atoms with E-state index in [0.29, 0.717) is 0 Å². The van der Waals surface area contributed by atoms with Crippen LogP contribution in [0.1, 0.15) is 18.9 Å². The topological polar surface area (TPSA) is 6.48 Å². The highest BCUT2D eigenvalue weighted by molar-refractivity contribution is 5.15. The third-order valence-electron chi connectivity index (χ3n) is 3.32. The van der Waals surface area contributed by atoms with Crippen LogP contribution in [0.3, 0.4) is 0 Å². The van der Waals surface area contributed by atoms with Gasteiger partial charge in [0.15, 0.2) is 0 Å². The van der Waals surface area contributed by atoms with Crippen LogP contribution in [-0.4, -0.2) is 42.5 Å². The smallest absolute Gasteiger partial charge is 0.123 e. The largest absolute Gasteiger partial charge is 0.301 e. The minimum Gasteiger partial charge on any atom is -0.301 e. The molecule has 0 amide bonds. The van der Waals surface area contributed by atoms with Crippen molar-refractivity contribution in [3.05, 3.63) is 35.6 Å². The fraction of sp³-hybridized carbons (Fsp3) is 0.571. The van der Waals surface area contributed by atoms with Crippen molar-refractivity contribution in [1.29, 1.82) is 0 Å². The van der Waals surface area contributed by atoms with E-state index in [0.717, 1.165) is 32.7 Å². The third kappa shape index (κ3) is 3.79. The fourth-order valence-corrected chi connectivity index (χ4v) is 2.34. The maximum atomic E-state index is 12.8. The van der Waals surface area contributed by atoms with Gasteiger partial charge in [-0.3, -0.25) is 4.90 Å². The summed E-state index contributed by atoms with van der Waals surface area (Å²) in [6.07, 6.45) is 1.23. The van der Waals surface area contributed by atoms with E-state index in [1.807, 2.05) is 12.1 Å². The number of rotatable bonds is 4. The lowest BCUT2D eigenvalue weighted by Gasteiger charge is -2.34. The zero-order chi connectivity index (χ0) is 12.1. The normalized spacial score (nSPS) is 18.5. The van der Waals surface area contributed by atoms with Crippen LogP contribution in [0.25, 0.3) is 0 Å². The molecule has 2 rings (SSSR count). The summed E-state index contributed by atoms with van der Waals surface area (Å²) >= 11 is 0. The van der Waals surface area contributed by atoms with Gasteiger partial charge in [0.1, 0.15) is 5.82 Å². The first-order chi connectivity index (χ1) is 8.28. The van der Waals surface area contributed by atoms with Crippen LogP contribution in [0.5, 0.6) is 0 Å². The highest BCUT2D eigenvalue weighted by Crippen LogP contribution is 2.09. The molecule has 0 aromatic heterocycles. The zero-order valence-electron chi connectivity index (χ0n) is 10.5. The monoisotopic (exact) mass is 236 g/mol. The molecule has 1 aliphatic heterocycles. The number of halogens is 1. The van der Waals surface area contributed by atoms with Gasteiger partial charge in [0, 0.05) is 32.7 Å². The molecule has 0 bridgehead atoms. The molecule has 0 N–H and O–H groups in total. The van der Waals surface area contributed by atoms with Gasteiger partial charge in [0.05, 0.1) is 0 Å². The summed E-state index contributed by atoms with van der Waals surface area (Å²) in [4.78, 5) is 4.96. The summed E-state index contributed by atoms with van der Waals surface area (Å²) in [5, 5.41) is 0. The second kappa shape index (κ2) is 6.12. The lowest BCUT2D eigenvalue weighted by molar-refractivity contribution is 0.127. The first kappa shape index (κ1) is 12.5. The molecule has 0 radical (unpaired) electrons.